The highest BCUT2D eigenvalue weighted by molar-refractivity contribution is 5.21. The molecule has 0 bridgehead atoms. The van der Waals surface area contributed by atoms with Gasteiger partial charge in [0.05, 0.1) is 6.54 Å². The minimum absolute atomic E-state index is 0.484. The van der Waals surface area contributed by atoms with Gasteiger partial charge in [0.15, 0.2) is 0 Å². The number of ether oxygens (including phenoxy) is 1. The zero-order valence-electron chi connectivity index (χ0n) is 10.2. The van der Waals surface area contributed by atoms with E-state index in [1.807, 2.05) is 30.3 Å². The van der Waals surface area contributed by atoms with E-state index < -0.39 is 0 Å². The van der Waals surface area contributed by atoms with Crippen LogP contribution in [-0.4, -0.2) is 31.1 Å². The van der Waals surface area contributed by atoms with Gasteiger partial charge in [-0.05, 0) is 38.1 Å². The standard InChI is InChI=1S/C15H19NO/c1-3-9-15(10-4-1)17-14-8-7-13-16-11-5-2-6-12-16/h1,3-4,9-10H,2,5-6,11-14H2. The molecule has 1 aromatic carbocycles. The highest BCUT2D eigenvalue weighted by Gasteiger charge is 2.07. The average molecular weight is 229 g/mol. The number of likely N-dealkylation sites (tertiary alicyclic amines) is 1. The first-order valence-corrected chi connectivity index (χ1v) is 6.31. The van der Waals surface area contributed by atoms with Crippen LogP contribution in [0, 0.1) is 11.8 Å². The highest BCUT2D eigenvalue weighted by Crippen LogP contribution is 2.08. The van der Waals surface area contributed by atoms with Crippen molar-refractivity contribution in [1.82, 2.24) is 4.90 Å². The Balaban J connectivity index is 1.65. The van der Waals surface area contributed by atoms with Crippen LogP contribution in [0.5, 0.6) is 5.75 Å². The van der Waals surface area contributed by atoms with Crippen LogP contribution in [0.2, 0.25) is 0 Å². The fourth-order valence-electron chi connectivity index (χ4n) is 1.97. The van der Waals surface area contributed by atoms with Gasteiger partial charge in [0, 0.05) is 0 Å². The summed E-state index contributed by atoms with van der Waals surface area (Å²) in [6.07, 6.45) is 4.02. The maximum Gasteiger partial charge on any atom is 0.149 e. The van der Waals surface area contributed by atoms with E-state index in [1.54, 1.807) is 0 Å². The lowest BCUT2D eigenvalue weighted by molar-refractivity contribution is 0.255. The Morgan fingerprint density at radius 2 is 1.76 bits per heavy atom. The third-order valence-electron chi connectivity index (χ3n) is 2.93. The molecular weight excluding hydrogens is 210 g/mol. The number of para-hydroxylation sites is 1. The molecule has 90 valence electrons. The van der Waals surface area contributed by atoms with E-state index in [9.17, 15) is 0 Å². The minimum Gasteiger partial charge on any atom is -0.481 e. The first kappa shape index (κ1) is 12.0. The van der Waals surface area contributed by atoms with Crippen molar-refractivity contribution in [2.45, 2.75) is 19.3 Å². The van der Waals surface area contributed by atoms with Gasteiger partial charge < -0.3 is 4.74 Å². The lowest BCUT2D eigenvalue weighted by Crippen LogP contribution is -2.29. The molecule has 1 heterocycles. The third kappa shape index (κ3) is 4.50. The Kier molecular flexibility index (Phi) is 4.93. The summed E-state index contributed by atoms with van der Waals surface area (Å²) in [6.45, 7) is 3.78. The molecule has 2 nitrogen and oxygen atoms in total. The molecule has 0 spiro atoms. The zero-order valence-corrected chi connectivity index (χ0v) is 10.2. The van der Waals surface area contributed by atoms with Gasteiger partial charge in [-0.2, -0.15) is 0 Å². The molecule has 0 atom stereocenters. The fourth-order valence-corrected chi connectivity index (χ4v) is 1.97. The Bertz CT molecular complexity index is 371. The van der Waals surface area contributed by atoms with Crippen molar-refractivity contribution in [1.29, 1.82) is 0 Å². The van der Waals surface area contributed by atoms with Crippen LogP contribution in [0.15, 0.2) is 30.3 Å². The molecule has 2 heteroatoms. The monoisotopic (exact) mass is 229 g/mol. The minimum atomic E-state index is 0.484. The maximum atomic E-state index is 5.50. The lowest BCUT2D eigenvalue weighted by Gasteiger charge is -2.23. The normalized spacial score (nSPS) is 16.0. The molecule has 0 amide bonds. The van der Waals surface area contributed by atoms with Crippen molar-refractivity contribution >= 4 is 0 Å². The molecule has 0 radical (unpaired) electrons. The first-order chi connectivity index (χ1) is 8.45. The second-order valence-electron chi connectivity index (χ2n) is 4.29. The second kappa shape index (κ2) is 6.98. The summed E-state index contributed by atoms with van der Waals surface area (Å²) in [5.74, 6) is 7.13. The number of hydrogen-bond donors (Lipinski definition) is 0. The van der Waals surface area contributed by atoms with Gasteiger partial charge in [-0.3, -0.25) is 4.90 Å². The topological polar surface area (TPSA) is 12.5 Å². The van der Waals surface area contributed by atoms with Gasteiger partial charge in [0.25, 0.3) is 0 Å². The molecule has 0 N–H and O–H groups in total. The molecule has 17 heavy (non-hydrogen) atoms. The number of hydrogen-bond acceptors (Lipinski definition) is 2. The van der Waals surface area contributed by atoms with E-state index in [0.717, 1.165) is 12.3 Å². The Morgan fingerprint density at radius 1 is 1.00 bits per heavy atom. The van der Waals surface area contributed by atoms with Crippen LogP contribution in [0.3, 0.4) is 0 Å². The van der Waals surface area contributed by atoms with E-state index >= 15 is 0 Å². The van der Waals surface area contributed by atoms with Crippen molar-refractivity contribution in [2.24, 2.45) is 0 Å². The molecule has 1 aliphatic heterocycles. The van der Waals surface area contributed by atoms with Crippen molar-refractivity contribution in [3.05, 3.63) is 30.3 Å². The smallest absolute Gasteiger partial charge is 0.149 e. The van der Waals surface area contributed by atoms with E-state index in [0.29, 0.717) is 6.61 Å². The van der Waals surface area contributed by atoms with Gasteiger partial charge in [-0.25, -0.2) is 0 Å². The Labute approximate surface area is 104 Å². The summed E-state index contributed by atoms with van der Waals surface area (Å²) in [4.78, 5) is 2.42. The molecule has 1 aromatic rings. The molecule has 2 rings (SSSR count). The summed E-state index contributed by atoms with van der Waals surface area (Å²) in [5, 5.41) is 0. The zero-order chi connectivity index (χ0) is 11.8. The van der Waals surface area contributed by atoms with E-state index in [4.69, 9.17) is 4.74 Å². The van der Waals surface area contributed by atoms with Gasteiger partial charge >= 0.3 is 0 Å². The first-order valence-electron chi connectivity index (χ1n) is 6.31. The van der Waals surface area contributed by atoms with Crippen molar-refractivity contribution in [2.75, 3.05) is 26.2 Å². The van der Waals surface area contributed by atoms with E-state index in [1.165, 1.54) is 32.4 Å². The molecular formula is C15H19NO. The Morgan fingerprint density at radius 3 is 2.53 bits per heavy atom. The lowest BCUT2D eigenvalue weighted by atomic mass is 10.1. The van der Waals surface area contributed by atoms with Crippen LogP contribution in [0.4, 0.5) is 0 Å². The number of rotatable bonds is 3. The number of nitrogens with zero attached hydrogens (tertiary/aromatic N) is 1. The predicted molar refractivity (Wildman–Crippen MR) is 70.0 cm³/mol. The summed E-state index contributed by atoms with van der Waals surface area (Å²) >= 11 is 0. The van der Waals surface area contributed by atoms with Crippen molar-refractivity contribution < 1.29 is 4.74 Å². The molecule has 0 aromatic heterocycles. The quantitative estimate of drug-likeness (QED) is 0.739. The van der Waals surface area contributed by atoms with Gasteiger partial charge in [-0.1, -0.05) is 36.5 Å². The van der Waals surface area contributed by atoms with Crippen LogP contribution in [0.1, 0.15) is 19.3 Å². The molecule has 1 aliphatic rings. The average Bonchev–Trinajstić information content (AvgIpc) is 2.41. The van der Waals surface area contributed by atoms with Crippen LogP contribution in [-0.2, 0) is 0 Å². The highest BCUT2D eigenvalue weighted by atomic mass is 16.5. The fraction of sp³-hybridized carbons (Fsp3) is 0.467. The van der Waals surface area contributed by atoms with Crippen LogP contribution < -0.4 is 4.74 Å². The summed E-state index contributed by atoms with van der Waals surface area (Å²) in [6, 6.07) is 9.82. The summed E-state index contributed by atoms with van der Waals surface area (Å²) < 4.78 is 5.50. The van der Waals surface area contributed by atoms with Gasteiger partial charge in [0.2, 0.25) is 0 Å². The second-order valence-corrected chi connectivity index (χ2v) is 4.29. The molecule has 0 unspecified atom stereocenters. The molecule has 0 aliphatic carbocycles. The van der Waals surface area contributed by atoms with E-state index in [-0.39, 0.29) is 0 Å². The number of benzene rings is 1. The maximum absolute atomic E-state index is 5.50. The summed E-state index contributed by atoms with van der Waals surface area (Å²) in [7, 11) is 0. The van der Waals surface area contributed by atoms with Gasteiger partial charge in [-0.15, -0.1) is 0 Å². The van der Waals surface area contributed by atoms with Crippen LogP contribution in [0.25, 0.3) is 0 Å². The molecule has 0 saturated carbocycles. The van der Waals surface area contributed by atoms with E-state index in [2.05, 4.69) is 16.7 Å². The SMILES string of the molecule is C(#CCN1CCCCC1)COc1ccccc1. The largest absolute Gasteiger partial charge is 0.481 e. The summed E-state index contributed by atoms with van der Waals surface area (Å²) in [5.41, 5.74) is 0. The molecule has 1 fully saturated rings. The van der Waals surface area contributed by atoms with Crippen molar-refractivity contribution in [3.8, 4) is 17.6 Å². The Hall–Kier alpha value is -1.46. The predicted octanol–water partition coefficient (Wildman–Crippen LogP) is 2.55. The molecule has 1 saturated heterocycles. The van der Waals surface area contributed by atoms with Crippen LogP contribution >= 0.6 is 0 Å². The van der Waals surface area contributed by atoms with Crippen molar-refractivity contribution in [3.63, 3.8) is 0 Å². The number of piperidine rings is 1. The van der Waals surface area contributed by atoms with Gasteiger partial charge in [0.1, 0.15) is 12.4 Å². The third-order valence-corrected chi connectivity index (χ3v) is 2.93.